The zero-order chi connectivity index (χ0) is 17.7. The Morgan fingerprint density at radius 2 is 2.08 bits per heavy atom. The molecule has 2 aromatic heterocycles. The van der Waals surface area contributed by atoms with Crippen LogP contribution in [0, 0.1) is 5.82 Å². The van der Waals surface area contributed by atoms with Crippen LogP contribution in [0.1, 0.15) is 24.4 Å². The molecule has 0 saturated carbocycles. The molecule has 7 heteroatoms. The highest BCUT2D eigenvalue weighted by molar-refractivity contribution is 5.71. The van der Waals surface area contributed by atoms with E-state index >= 15 is 0 Å². The van der Waals surface area contributed by atoms with Crippen LogP contribution in [0.15, 0.2) is 42.7 Å². The first-order valence-electron chi connectivity index (χ1n) is 8.98. The number of anilines is 2. The van der Waals surface area contributed by atoms with E-state index < -0.39 is 0 Å². The topological polar surface area (TPSA) is 56.9 Å². The van der Waals surface area contributed by atoms with E-state index in [1.165, 1.54) is 6.07 Å². The van der Waals surface area contributed by atoms with E-state index in [4.69, 9.17) is 4.98 Å². The monoisotopic (exact) mass is 353 g/mol. The van der Waals surface area contributed by atoms with Gasteiger partial charge < -0.3 is 14.9 Å². The molecule has 0 unspecified atom stereocenters. The van der Waals surface area contributed by atoms with Crippen LogP contribution in [0.25, 0.3) is 5.65 Å². The maximum atomic E-state index is 13.7. The van der Waals surface area contributed by atoms with Gasteiger partial charge in [0.15, 0.2) is 5.65 Å². The SMILES string of the molecule is OC1CN(c2cnn3ccc(N4CCC[C@@H]4c4cccc(F)c4)nc23)C1. The largest absolute Gasteiger partial charge is 0.389 e. The zero-order valence-corrected chi connectivity index (χ0v) is 14.3. The van der Waals surface area contributed by atoms with Crippen LogP contribution in [-0.2, 0) is 0 Å². The molecular weight excluding hydrogens is 333 g/mol. The van der Waals surface area contributed by atoms with Crippen molar-refractivity contribution in [3.8, 4) is 0 Å². The number of nitrogens with zero attached hydrogens (tertiary/aromatic N) is 5. The molecule has 134 valence electrons. The Kier molecular flexibility index (Phi) is 3.56. The molecule has 1 aromatic carbocycles. The number of benzene rings is 1. The van der Waals surface area contributed by atoms with Crippen molar-refractivity contribution in [2.24, 2.45) is 0 Å². The molecule has 2 aliphatic heterocycles. The Bertz CT molecular complexity index is 952. The zero-order valence-electron chi connectivity index (χ0n) is 14.3. The van der Waals surface area contributed by atoms with Gasteiger partial charge in [-0.3, -0.25) is 0 Å². The van der Waals surface area contributed by atoms with Crippen LogP contribution in [-0.4, -0.2) is 45.4 Å². The fourth-order valence-electron chi connectivity index (χ4n) is 3.98. The second-order valence-corrected chi connectivity index (χ2v) is 7.05. The summed E-state index contributed by atoms with van der Waals surface area (Å²) in [4.78, 5) is 9.18. The molecular formula is C19H20FN5O. The molecule has 5 rings (SSSR count). The predicted octanol–water partition coefficient (Wildman–Crippen LogP) is 2.39. The molecule has 2 saturated heterocycles. The number of β-amino-alcohol motifs (C(OH)–C–C–N with tert-alkyl or cyclic N) is 1. The van der Waals surface area contributed by atoms with E-state index in [-0.39, 0.29) is 18.0 Å². The van der Waals surface area contributed by atoms with Gasteiger partial charge in [0, 0.05) is 25.8 Å². The average molecular weight is 353 g/mol. The van der Waals surface area contributed by atoms with Crippen LogP contribution in [0.2, 0.25) is 0 Å². The number of aliphatic hydroxyl groups is 1. The Morgan fingerprint density at radius 3 is 2.88 bits per heavy atom. The molecule has 0 aliphatic carbocycles. The highest BCUT2D eigenvalue weighted by atomic mass is 19.1. The van der Waals surface area contributed by atoms with E-state index in [9.17, 15) is 9.50 Å². The van der Waals surface area contributed by atoms with E-state index in [0.29, 0.717) is 13.1 Å². The van der Waals surface area contributed by atoms with Gasteiger partial charge in [-0.1, -0.05) is 12.1 Å². The summed E-state index contributed by atoms with van der Waals surface area (Å²) in [7, 11) is 0. The highest BCUT2D eigenvalue weighted by Crippen LogP contribution is 2.36. The molecule has 2 aliphatic rings. The highest BCUT2D eigenvalue weighted by Gasteiger charge is 2.30. The van der Waals surface area contributed by atoms with Gasteiger partial charge in [0.1, 0.15) is 17.3 Å². The van der Waals surface area contributed by atoms with Crippen molar-refractivity contribution in [3.63, 3.8) is 0 Å². The number of halogens is 1. The second-order valence-electron chi connectivity index (χ2n) is 7.05. The van der Waals surface area contributed by atoms with Gasteiger partial charge in [-0.05, 0) is 36.6 Å². The van der Waals surface area contributed by atoms with Gasteiger partial charge in [-0.25, -0.2) is 13.9 Å². The van der Waals surface area contributed by atoms with Crippen LogP contribution in [0.4, 0.5) is 15.9 Å². The Morgan fingerprint density at radius 1 is 1.19 bits per heavy atom. The first-order valence-corrected chi connectivity index (χ1v) is 8.98. The van der Waals surface area contributed by atoms with Crippen molar-refractivity contribution >= 4 is 17.2 Å². The smallest absolute Gasteiger partial charge is 0.180 e. The van der Waals surface area contributed by atoms with Crippen LogP contribution in [0.5, 0.6) is 0 Å². The lowest BCUT2D eigenvalue weighted by atomic mass is 10.0. The van der Waals surface area contributed by atoms with Crippen LogP contribution < -0.4 is 9.80 Å². The number of rotatable bonds is 3. The van der Waals surface area contributed by atoms with Crippen molar-refractivity contribution in [2.45, 2.75) is 25.0 Å². The minimum absolute atomic E-state index is 0.137. The average Bonchev–Trinajstić information content (AvgIpc) is 3.25. The lowest BCUT2D eigenvalue weighted by Gasteiger charge is -2.36. The van der Waals surface area contributed by atoms with E-state index in [0.717, 1.165) is 42.1 Å². The maximum absolute atomic E-state index is 13.7. The number of hydrogen-bond acceptors (Lipinski definition) is 5. The lowest BCUT2D eigenvalue weighted by Crippen LogP contribution is -2.50. The van der Waals surface area contributed by atoms with Crippen molar-refractivity contribution < 1.29 is 9.50 Å². The number of hydrogen-bond donors (Lipinski definition) is 1. The van der Waals surface area contributed by atoms with Crippen molar-refractivity contribution in [2.75, 3.05) is 29.4 Å². The van der Waals surface area contributed by atoms with Gasteiger partial charge >= 0.3 is 0 Å². The minimum Gasteiger partial charge on any atom is -0.389 e. The third-order valence-corrected chi connectivity index (χ3v) is 5.32. The number of aromatic nitrogens is 3. The molecule has 0 bridgehead atoms. The Balaban J connectivity index is 1.50. The molecule has 1 N–H and O–H groups in total. The summed E-state index contributed by atoms with van der Waals surface area (Å²) in [6.07, 6.45) is 5.48. The van der Waals surface area contributed by atoms with Gasteiger partial charge in [0.05, 0.1) is 18.3 Å². The Hall–Kier alpha value is -2.67. The van der Waals surface area contributed by atoms with Gasteiger partial charge in [0.25, 0.3) is 0 Å². The van der Waals surface area contributed by atoms with Crippen molar-refractivity contribution in [1.29, 1.82) is 0 Å². The minimum atomic E-state index is -0.274. The number of aliphatic hydroxyl groups excluding tert-OH is 1. The number of fused-ring (bicyclic) bond motifs is 1. The summed E-state index contributed by atoms with van der Waals surface area (Å²) in [5.74, 6) is 0.680. The van der Waals surface area contributed by atoms with Gasteiger partial charge in [-0.15, -0.1) is 0 Å². The first kappa shape index (κ1) is 15.6. The molecule has 6 nitrogen and oxygen atoms in total. The summed E-state index contributed by atoms with van der Waals surface area (Å²) in [6, 6.07) is 8.95. The molecule has 0 spiro atoms. The van der Waals surface area contributed by atoms with Gasteiger partial charge in [0.2, 0.25) is 0 Å². The Labute approximate surface area is 150 Å². The van der Waals surface area contributed by atoms with Crippen LogP contribution in [0.3, 0.4) is 0 Å². The molecule has 3 aromatic rings. The van der Waals surface area contributed by atoms with E-state index in [1.807, 2.05) is 18.3 Å². The summed E-state index contributed by atoms with van der Waals surface area (Å²) in [5.41, 5.74) is 2.72. The summed E-state index contributed by atoms with van der Waals surface area (Å²) in [6.45, 7) is 2.13. The van der Waals surface area contributed by atoms with Crippen molar-refractivity contribution in [3.05, 3.63) is 54.1 Å². The fraction of sp³-hybridized carbons (Fsp3) is 0.368. The van der Waals surface area contributed by atoms with Crippen LogP contribution >= 0.6 is 0 Å². The predicted molar refractivity (Wildman–Crippen MR) is 96.9 cm³/mol. The molecule has 1 atom stereocenters. The molecule has 0 amide bonds. The molecule has 0 radical (unpaired) electrons. The normalized spacial score (nSPS) is 20.8. The summed E-state index contributed by atoms with van der Waals surface area (Å²) < 4.78 is 15.4. The van der Waals surface area contributed by atoms with Crippen molar-refractivity contribution in [1.82, 2.24) is 14.6 Å². The standard InChI is InChI=1S/C19H20FN5O/c20-14-4-1-3-13(9-14)16-5-2-7-24(16)18-6-8-25-19(22-18)17(10-21-25)23-11-15(26)12-23/h1,3-4,6,8-10,15-16,26H,2,5,7,11-12H2/t16-/m1/s1. The third kappa shape index (κ3) is 2.50. The summed E-state index contributed by atoms with van der Waals surface area (Å²) >= 11 is 0. The quantitative estimate of drug-likeness (QED) is 0.784. The lowest BCUT2D eigenvalue weighted by molar-refractivity contribution is 0.142. The van der Waals surface area contributed by atoms with E-state index in [1.54, 1.807) is 22.8 Å². The third-order valence-electron chi connectivity index (χ3n) is 5.32. The fourth-order valence-corrected chi connectivity index (χ4v) is 3.98. The summed E-state index contributed by atoms with van der Waals surface area (Å²) in [5, 5.41) is 13.9. The molecule has 2 fully saturated rings. The van der Waals surface area contributed by atoms with Gasteiger partial charge in [-0.2, -0.15) is 5.10 Å². The van der Waals surface area contributed by atoms with E-state index in [2.05, 4.69) is 14.9 Å². The molecule has 26 heavy (non-hydrogen) atoms. The molecule has 4 heterocycles. The maximum Gasteiger partial charge on any atom is 0.180 e. The first-order chi connectivity index (χ1) is 12.7. The second kappa shape index (κ2) is 5.95.